The predicted octanol–water partition coefficient (Wildman–Crippen LogP) is 4.29. The number of anilines is 2. The van der Waals surface area contributed by atoms with E-state index in [4.69, 9.17) is 0 Å². The van der Waals surface area contributed by atoms with Gasteiger partial charge in [0, 0.05) is 17.4 Å². The molecular formula is C22H17N3O3S. The molecule has 0 aliphatic heterocycles. The standard InChI is InChI=1S/C22H17N3O3S/c26-22(20-9-5-7-16-6-1-2-8-19(16)20)24-17-11-13-18(14-12-17)29(27,28)25-21-10-3-4-15-23-21/h1-15H,(H,23,25)(H,24,26). The fraction of sp³-hybridized carbons (Fsp3) is 0. The molecule has 0 unspecified atom stereocenters. The summed E-state index contributed by atoms with van der Waals surface area (Å²) >= 11 is 0. The Morgan fingerprint density at radius 3 is 2.28 bits per heavy atom. The molecule has 3 aromatic carbocycles. The van der Waals surface area contributed by atoms with Crippen LogP contribution < -0.4 is 10.0 Å². The molecule has 0 radical (unpaired) electrons. The third-order valence-electron chi connectivity index (χ3n) is 4.36. The number of hydrogen-bond donors (Lipinski definition) is 2. The zero-order valence-corrected chi connectivity index (χ0v) is 16.1. The van der Waals surface area contributed by atoms with Gasteiger partial charge in [-0.25, -0.2) is 13.4 Å². The van der Waals surface area contributed by atoms with Crippen molar-refractivity contribution in [2.75, 3.05) is 10.0 Å². The van der Waals surface area contributed by atoms with E-state index in [0.29, 0.717) is 11.3 Å². The van der Waals surface area contributed by atoms with Gasteiger partial charge in [-0.3, -0.25) is 9.52 Å². The topological polar surface area (TPSA) is 88.2 Å². The highest BCUT2D eigenvalue weighted by Crippen LogP contribution is 2.21. The third kappa shape index (κ3) is 4.09. The molecule has 0 aliphatic carbocycles. The lowest BCUT2D eigenvalue weighted by atomic mass is 10.0. The van der Waals surface area contributed by atoms with E-state index in [2.05, 4.69) is 15.0 Å². The fourth-order valence-electron chi connectivity index (χ4n) is 2.96. The van der Waals surface area contributed by atoms with Crippen molar-refractivity contribution in [3.8, 4) is 0 Å². The van der Waals surface area contributed by atoms with Gasteiger partial charge in [0.25, 0.3) is 15.9 Å². The second-order valence-corrected chi connectivity index (χ2v) is 8.01. The Morgan fingerprint density at radius 1 is 0.793 bits per heavy atom. The zero-order chi connectivity index (χ0) is 20.3. The van der Waals surface area contributed by atoms with Crippen LogP contribution in [0, 0.1) is 0 Å². The minimum atomic E-state index is -3.76. The number of aromatic nitrogens is 1. The van der Waals surface area contributed by atoms with Gasteiger partial charge in [0.15, 0.2) is 0 Å². The summed E-state index contributed by atoms with van der Waals surface area (Å²) in [4.78, 5) is 16.7. The molecule has 0 fully saturated rings. The van der Waals surface area contributed by atoms with Crippen LogP contribution in [0.2, 0.25) is 0 Å². The number of carbonyl (C=O) groups is 1. The Labute approximate surface area is 168 Å². The molecule has 0 spiro atoms. The molecule has 0 saturated heterocycles. The number of rotatable bonds is 5. The van der Waals surface area contributed by atoms with Crippen molar-refractivity contribution in [3.63, 3.8) is 0 Å². The maximum Gasteiger partial charge on any atom is 0.263 e. The summed E-state index contributed by atoms with van der Waals surface area (Å²) in [6.45, 7) is 0. The lowest BCUT2D eigenvalue weighted by Gasteiger charge is -2.10. The Hall–Kier alpha value is -3.71. The average Bonchev–Trinajstić information content (AvgIpc) is 2.74. The van der Waals surface area contributed by atoms with Gasteiger partial charge in [0.05, 0.1) is 4.90 Å². The maximum atomic E-state index is 12.7. The molecule has 7 heteroatoms. The second kappa shape index (κ2) is 7.73. The van der Waals surface area contributed by atoms with E-state index in [-0.39, 0.29) is 16.6 Å². The first kappa shape index (κ1) is 18.6. The molecule has 0 atom stereocenters. The molecule has 1 heterocycles. The van der Waals surface area contributed by atoms with Gasteiger partial charge in [-0.05, 0) is 53.2 Å². The average molecular weight is 403 g/mol. The van der Waals surface area contributed by atoms with Crippen LogP contribution in [0.25, 0.3) is 10.8 Å². The van der Waals surface area contributed by atoms with Gasteiger partial charge in [0.2, 0.25) is 0 Å². The van der Waals surface area contributed by atoms with Gasteiger partial charge < -0.3 is 5.32 Å². The van der Waals surface area contributed by atoms with Gasteiger partial charge in [0.1, 0.15) is 5.82 Å². The van der Waals surface area contributed by atoms with E-state index in [9.17, 15) is 13.2 Å². The Bertz CT molecular complexity index is 1270. The van der Waals surface area contributed by atoms with Crippen LogP contribution in [0.1, 0.15) is 10.4 Å². The van der Waals surface area contributed by atoms with Crippen LogP contribution in [0.4, 0.5) is 11.5 Å². The number of amides is 1. The monoisotopic (exact) mass is 403 g/mol. The number of nitrogens with zero attached hydrogens (tertiary/aromatic N) is 1. The van der Waals surface area contributed by atoms with Crippen molar-refractivity contribution in [1.82, 2.24) is 4.98 Å². The highest BCUT2D eigenvalue weighted by molar-refractivity contribution is 7.92. The fourth-order valence-corrected chi connectivity index (χ4v) is 3.97. The Morgan fingerprint density at radius 2 is 1.52 bits per heavy atom. The molecule has 0 bridgehead atoms. The quantitative estimate of drug-likeness (QED) is 0.520. The summed E-state index contributed by atoms with van der Waals surface area (Å²) in [5.41, 5.74) is 1.05. The highest BCUT2D eigenvalue weighted by Gasteiger charge is 2.15. The van der Waals surface area contributed by atoms with E-state index in [1.165, 1.54) is 18.3 Å². The molecule has 2 N–H and O–H groups in total. The van der Waals surface area contributed by atoms with Crippen molar-refractivity contribution in [2.24, 2.45) is 0 Å². The number of hydrogen-bond acceptors (Lipinski definition) is 4. The second-order valence-electron chi connectivity index (χ2n) is 6.33. The van der Waals surface area contributed by atoms with Crippen molar-refractivity contribution in [1.29, 1.82) is 0 Å². The molecule has 144 valence electrons. The zero-order valence-electron chi connectivity index (χ0n) is 15.2. The first-order chi connectivity index (χ1) is 14.0. The third-order valence-corrected chi connectivity index (χ3v) is 5.73. The van der Waals surface area contributed by atoms with E-state index in [0.717, 1.165) is 10.8 Å². The van der Waals surface area contributed by atoms with E-state index in [1.807, 2.05) is 36.4 Å². The van der Waals surface area contributed by atoms with E-state index >= 15 is 0 Å². The summed E-state index contributed by atoms with van der Waals surface area (Å²) in [7, 11) is -3.76. The number of fused-ring (bicyclic) bond motifs is 1. The van der Waals surface area contributed by atoms with Crippen molar-refractivity contribution < 1.29 is 13.2 Å². The van der Waals surface area contributed by atoms with Crippen molar-refractivity contribution in [3.05, 3.63) is 96.7 Å². The number of sulfonamides is 1. The van der Waals surface area contributed by atoms with Crippen molar-refractivity contribution >= 4 is 38.2 Å². The normalized spacial score (nSPS) is 11.2. The number of benzene rings is 3. The number of carbonyl (C=O) groups excluding carboxylic acids is 1. The van der Waals surface area contributed by atoms with Crippen molar-refractivity contribution in [2.45, 2.75) is 4.90 Å². The van der Waals surface area contributed by atoms with Gasteiger partial charge in [-0.15, -0.1) is 0 Å². The lowest BCUT2D eigenvalue weighted by molar-refractivity contribution is 0.102. The highest BCUT2D eigenvalue weighted by atomic mass is 32.2. The maximum absolute atomic E-state index is 12.7. The van der Waals surface area contributed by atoms with Crippen LogP contribution in [0.3, 0.4) is 0 Å². The SMILES string of the molecule is O=C(Nc1ccc(S(=O)(=O)Nc2ccccn2)cc1)c1cccc2ccccc12. The minimum Gasteiger partial charge on any atom is -0.322 e. The van der Waals surface area contributed by atoms with Crippen LogP contribution in [0.15, 0.2) is 96.0 Å². The molecule has 29 heavy (non-hydrogen) atoms. The molecule has 0 saturated carbocycles. The summed E-state index contributed by atoms with van der Waals surface area (Å²) in [6.07, 6.45) is 1.50. The Balaban J connectivity index is 1.53. The minimum absolute atomic E-state index is 0.0753. The predicted molar refractivity (Wildman–Crippen MR) is 113 cm³/mol. The first-order valence-corrected chi connectivity index (χ1v) is 10.3. The molecule has 4 rings (SSSR count). The molecular weight excluding hydrogens is 386 g/mol. The molecule has 4 aromatic rings. The first-order valence-electron chi connectivity index (χ1n) is 8.86. The molecule has 6 nitrogen and oxygen atoms in total. The van der Waals surface area contributed by atoms with Crippen LogP contribution in [-0.4, -0.2) is 19.3 Å². The van der Waals surface area contributed by atoms with Gasteiger partial charge in [-0.2, -0.15) is 0 Å². The Kier molecular flexibility index (Phi) is 4.97. The molecule has 1 aromatic heterocycles. The molecule has 0 aliphatic rings. The summed E-state index contributed by atoms with van der Waals surface area (Å²) in [5.74, 6) is -0.0233. The summed E-state index contributed by atoms with van der Waals surface area (Å²) < 4.78 is 27.3. The largest absolute Gasteiger partial charge is 0.322 e. The number of pyridine rings is 1. The smallest absolute Gasteiger partial charge is 0.263 e. The van der Waals surface area contributed by atoms with Gasteiger partial charge in [-0.1, -0.05) is 42.5 Å². The van der Waals surface area contributed by atoms with Crippen LogP contribution in [0.5, 0.6) is 0 Å². The van der Waals surface area contributed by atoms with Crippen LogP contribution in [-0.2, 0) is 10.0 Å². The number of nitrogens with one attached hydrogen (secondary N) is 2. The lowest BCUT2D eigenvalue weighted by Crippen LogP contribution is -2.15. The summed E-state index contributed by atoms with van der Waals surface area (Å²) in [5, 5.41) is 4.64. The van der Waals surface area contributed by atoms with Gasteiger partial charge >= 0.3 is 0 Å². The van der Waals surface area contributed by atoms with Crippen LogP contribution >= 0.6 is 0 Å². The summed E-state index contributed by atoms with van der Waals surface area (Å²) in [6, 6.07) is 24.1. The van der Waals surface area contributed by atoms with E-state index < -0.39 is 10.0 Å². The molecule has 1 amide bonds. The van der Waals surface area contributed by atoms with E-state index in [1.54, 1.807) is 36.4 Å².